The fourth-order valence-corrected chi connectivity index (χ4v) is 2.33. The molecule has 2 aromatic rings. The second-order valence-electron chi connectivity index (χ2n) is 4.37. The summed E-state index contributed by atoms with van der Waals surface area (Å²) in [5.41, 5.74) is 1.53. The molecule has 0 aliphatic heterocycles. The Hall–Kier alpha value is -1.02. The highest BCUT2D eigenvalue weighted by molar-refractivity contribution is 9.10. The van der Waals surface area contributed by atoms with E-state index >= 15 is 0 Å². The van der Waals surface area contributed by atoms with E-state index in [4.69, 9.17) is 36.2 Å². The van der Waals surface area contributed by atoms with Gasteiger partial charge in [0.1, 0.15) is 5.52 Å². The maximum atomic E-state index is 11.8. The van der Waals surface area contributed by atoms with Crippen LogP contribution in [0, 0.1) is 6.92 Å². The van der Waals surface area contributed by atoms with E-state index in [9.17, 15) is 9.59 Å². The molecule has 0 aliphatic carbocycles. The highest BCUT2D eigenvalue weighted by Crippen LogP contribution is 2.29. The zero-order valence-electron chi connectivity index (χ0n) is 12.3. The molecular weight excluding hydrogens is 418 g/mol. The largest absolute Gasteiger partial charge is 0.326 e. The molecule has 0 atom stereocenters. The number of carbonyl (C=O) groups is 2. The van der Waals surface area contributed by atoms with Crippen LogP contribution in [0.5, 0.6) is 0 Å². The molecule has 3 amide bonds. The van der Waals surface area contributed by atoms with E-state index in [2.05, 4.69) is 26.3 Å². The van der Waals surface area contributed by atoms with Gasteiger partial charge in [-0.1, -0.05) is 34.8 Å². The molecule has 6 nitrogen and oxygen atoms in total. The minimum absolute atomic E-state index is 0.0604. The number of nitrogens with zero attached hydrogens (tertiary/aromatic N) is 2. The van der Waals surface area contributed by atoms with Crippen molar-refractivity contribution in [1.29, 1.82) is 0 Å². The molecular formula is C12H10BrCl3N4O2. The molecule has 0 spiro atoms. The second-order valence-corrected chi connectivity index (χ2v) is 7.51. The lowest BCUT2D eigenvalue weighted by molar-refractivity contribution is -0.119. The lowest BCUT2D eigenvalue weighted by Crippen LogP contribution is -2.41. The predicted molar refractivity (Wildman–Crippen MR) is 90.6 cm³/mol. The number of aromatic nitrogens is 2. The summed E-state index contributed by atoms with van der Waals surface area (Å²) >= 11 is 19.5. The van der Waals surface area contributed by atoms with Crippen LogP contribution in [-0.2, 0) is 11.8 Å². The number of urea groups is 1. The number of benzene rings is 1. The first-order valence-corrected chi connectivity index (χ1v) is 7.76. The lowest BCUT2D eigenvalue weighted by Gasteiger charge is -2.11. The van der Waals surface area contributed by atoms with Crippen LogP contribution >= 0.6 is 50.7 Å². The van der Waals surface area contributed by atoms with E-state index in [1.54, 1.807) is 18.7 Å². The van der Waals surface area contributed by atoms with Crippen molar-refractivity contribution in [3.05, 3.63) is 22.3 Å². The molecule has 0 aliphatic rings. The van der Waals surface area contributed by atoms with Crippen molar-refractivity contribution in [2.75, 3.05) is 5.32 Å². The summed E-state index contributed by atoms with van der Waals surface area (Å²) in [6, 6.07) is 0.657. The van der Waals surface area contributed by atoms with E-state index in [-0.39, 0.29) is 11.7 Å². The van der Waals surface area contributed by atoms with Gasteiger partial charge in [0, 0.05) is 28.3 Å². The average molecular weight is 430 g/mol. The molecule has 2 N–H and O–H groups in total. The number of fused-ring (bicyclic) bond motifs is 1. The van der Waals surface area contributed by atoms with Crippen molar-refractivity contribution >= 4 is 79.3 Å². The zero-order chi connectivity index (χ0) is 17.5. The van der Waals surface area contributed by atoms with Crippen molar-refractivity contribution in [1.82, 2.24) is 15.1 Å². The Morgan fingerprint density at radius 2 is 2.09 bits per heavy atom. The first kappa shape index (κ1) is 15.9. The molecule has 22 heavy (non-hydrogen) atoms. The molecule has 0 radical (unpaired) electrons. The van der Waals surface area contributed by atoms with Gasteiger partial charge < -0.3 is 5.32 Å². The van der Waals surface area contributed by atoms with Crippen molar-refractivity contribution in [2.45, 2.75) is 10.7 Å². The Labute approximate surface area is 150 Å². The molecule has 0 bridgehead atoms. The van der Waals surface area contributed by atoms with Crippen LogP contribution in [0.1, 0.15) is 7.06 Å². The Morgan fingerprint density at radius 1 is 1.45 bits per heavy atom. The predicted octanol–water partition coefficient (Wildman–Crippen LogP) is 3.66. The smallest absolute Gasteiger partial charge is 0.308 e. The number of imide groups is 1. The highest BCUT2D eigenvalue weighted by atomic mass is 79.9. The molecule has 1 aromatic carbocycles. The number of anilines is 1. The third-order valence-electron chi connectivity index (χ3n) is 2.82. The summed E-state index contributed by atoms with van der Waals surface area (Å²) in [6.07, 6.45) is 0. The monoisotopic (exact) mass is 427 g/mol. The molecule has 0 unspecified atom stereocenters. The molecule has 0 fully saturated rings. The Bertz CT molecular complexity index is 819. The first-order valence-electron chi connectivity index (χ1n) is 6.34. The third kappa shape index (κ3) is 3.65. The van der Waals surface area contributed by atoms with Crippen molar-refractivity contribution < 1.29 is 11.0 Å². The fourth-order valence-electron chi connectivity index (χ4n) is 1.69. The average Bonchev–Trinajstić information content (AvgIpc) is 2.71. The fraction of sp³-hybridized carbons (Fsp3) is 0.250. The summed E-state index contributed by atoms with van der Waals surface area (Å²) in [6.45, 7) is 1.80. The molecule has 1 heterocycles. The minimum Gasteiger partial charge on any atom is -0.308 e. The van der Waals surface area contributed by atoms with Gasteiger partial charge in [0.05, 0.1) is 1.37 Å². The van der Waals surface area contributed by atoms with Crippen molar-refractivity contribution in [3.63, 3.8) is 0 Å². The summed E-state index contributed by atoms with van der Waals surface area (Å²) in [4.78, 5) is 23.3. The number of nitrogens with one attached hydrogen (secondary N) is 2. The highest BCUT2D eigenvalue weighted by Gasteiger charge is 2.32. The number of rotatable bonds is 1. The second kappa shape index (κ2) is 6.23. The number of aryl methyl sites for hydroxylation is 2. The van der Waals surface area contributed by atoms with Crippen LogP contribution in [0.4, 0.5) is 10.5 Å². The Morgan fingerprint density at radius 3 is 2.68 bits per heavy atom. The summed E-state index contributed by atoms with van der Waals surface area (Å²) in [5, 5.41) is 9.12. The Kier molecular flexibility index (Phi) is 4.49. The summed E-state index contributed by atoms with van der Waals surface area (Å²) < 4.78 is 8.17. The molecule has 0 saturated carbocycles. The maximum Gasteiger partial charge on any atom is 0.326 e. The zero-order valence-corrected chi connectivity index (χ0v) is 15.2. The van der Waals surface area contributed by atoms with Gasteiger partial charge in [0.25, 0.3) is 9.70 Å². The van der Waals surface area contributed by atoms with E-state index in [1.807, 2.05) is 5.32 Å². The van der Waals surface area contributed by atoms with E-state index in [0.29, 0.717) is 15.4 Å². The molecule has 2 rings (SSSR count). The Balaban J connectivity index is 2.34. The van der Waals surface area contributed by atoms with Gasteiger partial charge in [0.15, 0.2) is 0 Å². The normalized spacial score (nSPS) is 12.2. The minimum atomic E-state index is -2.26. The van der Waals surface area contributed by atoms with E-state index in [1.165, 1.54) is 6.07 Å². The summed E-state index contributed by atoms with van der Waals surface area (Å²) in [7, 11) is 1.75. The number of alkyl halides is 3. The van der Waals surface area contributed by atoms with Crippen LogP contribution < -0.4 is 10.6 Å². The molecule has 10 heteroatoms. The van der Waals surface area contributed by atoms with Gasteiger partial charge >= 0.3 is 6.03 Å². The van der Waals surface area contributed by atoms with Crippen LogP contribution in [0.2, 0.25) is 0 Å². The van der Waals surface area contributed by atoms with Gasteiger partial charge in [0.2, 0.25) is 0 Å². The van der Waals surface area contributed by atoms with Crippen molar-refractivity contribution in [2.24, 2.45) is 7.05 Å². The number of hydrogen-bond donors (Lipinski definition) is 2. The number of amides is 3. The van der Waals surface area contributed by atoms with E-state index < -0.39 is 15.7 Å². The van der Waals surface area contributed by atoms with E-state index in [0.717, 1.165) is 5.69 Å². The van der Waals surface area contributed by atoms with Gasteiger partial charge in [-0.15, -0.1) is 0 Å². The van der Waals surface area contributed by atoms with Crippen molar-refractivity contribution in [3.8, 4) is 0 Å². The van der Waals surface area contributed by atoms with Gasteiger partial charge in [-0.3, -0.25) is 14.8 Å². The van der Waals surface area contributed by atoms with Crippen LogP contribution in [0.3, 0.4) is 0 Å². The summed E-state index contributed by atoms with van der Waals surface area (Å²) in [5.74, 6) is -1.09. The third-order valence-corrected chi connectivity index (χ3v) is 3.94. The molecule has 118 valence electrons. The van der Waals surface area contributed by atoms with Crippen LogP contribution in [0.25, 0.3) is 10.9 Å². The first-order chi connectivity index (χ1) is 10.5. The standard InChI is InChI=1S/C12H10BrCl3N4O2/c1-5-7-3-6(4-8(13)9(7)19-20(5)2)17-11(22)18-10(21)12(14,15)16/h3-4H,1-2H3,(H2,17,18,21,22)/i3D. The lowest BCUT2D eigenvalue weighted by atomic mass is 10.2. The molecule has 1 aromatic heterocycles. The number of hydrogen-bond acceptors (Lipinski definition) is 3. The van der Waals surface area contributed by atoms with Crippen LogP contribution in [-0.4, -0.2) is 25.5 Å². The van der Waals surface area contributed by atoms with Gasteiger partial charge in [-0.25, -0.2) is 4.79 Å². The topological polar surface area (TPSA) is 76.0 Å². The van der Waals surface area contributed by atoms with Gasteiger partial charge in [-0.2, -0.15) is 5.10 Å². The number of carbonyl (C=O) groups excluding carboxylic acids is 2. The maximum absolute atomic E-state index is 11.8. The van der Waals surface area contributed by atoms with Crippen LogP contribution in [0.15, 0.2) is 16.6 Å². The number of halogens is 4. The van der Waals surface area contributed by atoms with Gasteiger partial charge in [-0.05, 0) is 35.0 Å². The SMILES string of the molecule is [2H]c1c(NC(=O)NC(=O)C(Cl)(Cl)Cl)cc(Br)c2nn(C)c(C)c12. The molecule has 0 saturated heterocycles. The quantitative estimate of drug-likeness (QED) is 0.680.